The van der Waals surface area contributed by atoms with Gasteiger partial charge in [0, 0.05) is 18.3 Å². The Morgan fingerprint density at radius 2 is 2.04 bits per heavy atom. The van der Waals surface area contributed by atoms with E-state index in [-0.39, 0.29) is 22.6 Å². The quantitative estimate of drug-likeness (QED) is 0.913. The van der Waals surface area contributed by atoms with Crippen LogP contribution in [0.15, 0.2) is 47.5 Å². The maximum Gasteiger partial charge on any atom is 0.269 e. The first kappa shape index (κ1) is 16.1. The second-order valence-electron chi connectivity index (χ2n) is 5.26. The Kier molecular flexibility index (Phi) is 4.06. The number of nitrogens with zero attached hydrogens (tertiary/aromatic N) is 2. The molecule has 0 unspecified atom stereocenters. The van der Waals surface area contributed by atoms with Crippen molar-refractivity contribution in [2.45, 2.75) is 18.2 Å². The number of pyridine rings is 1. The zero-order valence-electron chi connectivity index (χ0n) is 12.9. The molecule has 3 rings (SSSR count). The van der Waals surface area contributed by atoms with Crippen molar-refractivity contribution in [2.75, 3.05) is 11.9 Å². The summed E-state index contributed by atoms with van der Waals surface area (Å²) in [7, 11) is -3.90. The van der Waals surface area contributed by atoms with Crippen LogP contribution in [0.5, 0.6) is 0 Å². The summed E-state index contributed by atoms with van der Waals surface area (Å²) in [4.78, 5) is 28.3. The lowest BCUT2D eigenvalue weighted by Crippen LogP contribution is -2.30. The molecule has 1 aliphatic heterocycles. The highest BCUT2D eigenvalue weighted by molar-refractivity contribution is 7.90. The molecule has 1 aromatic carbocycles. The molecule has 0 saturated heterocycles. The highest BCUT2D eigenvalue weighted by atomic mass is 32.2. The molecule has 1 aromatic heterocycles. The molecule has 0 saturated carbocycles. The fourth-order valence-corrected chi connectivity index (χ4v) is 4.15. The molecule has 2 heterocycles. The minimum Gasteiger partial charge on any atom is -0.307 e. The number of amides is 2. The van der Waals surface area contributed by atoms with Crippen molar-refractivity contribution in [3.8, 4) is 0 Å². The minimum absolute atomic E-state index is 0.0952. The van der Waals surface area contributed by atoms with Gasteiger partial charge in [0.1, 0.15) is 10.7 Å². The number of carbonyl (C=O) groups is 2. The normalized spacial score (nSPS) is 15.2. The topological polar surface area (TPSA) is 96.4 Å². The van der Waals surface area contributed by atoms with Crippen molar-refractivity contribution < 1.29 is 18.0 Å². The average molecular weight is 345 g/mol. The van der Waals surface area contributed by atoms with Crippen LogP contribution in [0, 0.1) is 0 Å². The van der Waals surface area contributed by atoms with Crippen molar-refractivity contribution in [3.63, 3.8) is 0 Å². The molecule has 0 bridgehead atoms. The summed E-state index contributed by atoms with van der Waals surface area (Å²) < 4.78 is 25.8. The van der Waals surface area contributed by atoms with E-state index in [0.29, 0.717) is 12.2 Å². The molecule has 8 heteroatoms. The van der Waals surface area contributed by atoms with Crippen molar-refractivity contribution in [1.29, 1.82) is 0 Å². The van der Waals surface area contributed by atoms with Gasteiger partial charge in [-0.15, -0.1) is 0 Å². The average Bonchev–Trinajstić information content (AvgIpc) is 2.77. The Bertz CT molecular complexity index is 910. The van der Waals surface area contributed by atoms with E-state index in [1.165, 1.54) is 24.4 Å². The van der Waals surface area contributed by atoms with Gasteiger partial charge in [-0.3, -0.25) is 9.59 Å². The second kappa shape index (κ2) is 6.04. The molecule has 0 fully saturated rings. The monoisotopic (exact) mass is 345 g/mol. The third-order valence-electron chi connectivity index (χ3n) is 3.60. The fraction of sp³-hybridized carbons (Fsp3) is 0.188. The SMILES string of the molecule is CCCN1C(=O)c2ccc(C(=O)Nc3ccccn3)cc2S1(=O)=O. The van der Waals surface area contributed by atoms with Crippen LogP contribution in [-0.4, -0.2) is 36.1 Å². The minimum atomic E-state index is -3.90. The first-order valence-electron chi connectivity index (χ1n) is 7.38. The van der Waals surface area contributed by atoms with E-state index in [0.717, 1.165) is 4.31 Å². The van der Waals surface area contributed by atoms with E-state index in [1.54, 1.807) is 25.1 Å². The molecule has 2 aromatic rings. The molecule has 1 aliphatic rings. The largest absolute Gasteiger partial charge is 0.307 e. The Labute approximate surface area is 139 Å². The Morgan fingerprint density at radius 3 is 2.71 bits per heavy atom. The van der Waals surface area contributed by atoms with Gasteiger partial charge in [0.05, 0.1) is 5.56 Å². The number of anilines is 1. The number of carbonyl (C=O) groups excluding carboxylic acids is 2. The molecule has 0 atom stereocenters. The Hall–Kier alpha value is -2.74. The maximum atomic E-state index is 12.5. The van der Waals surface area contributed by atoms with E-state index < -0.39 is 21.8 Å². The van der Waals surface area contributed by atoms with Crippen LogP contribution in [0.1, 0.15) is 34.1 Å². The summed E-state index contributed by atoms with van der Waals surface area (Å²) in [5.74, 6) is -0.689. The summed E-state index contributed by atoms with van der Waals surface area (Å²) in [6.07, 6.45) is 2.05. The zero-order chi connectivity index (χ0) is 17.3. The van der Waals surface area contributed by atoms with Gasteiger partial charge >= 0.3 is 0 Å². The van der Waals surface area contributed by atoms with E-state index in [1.807, 2.05) is 0 Å². The van der Waals surface area contributed by atoms with Crippen molar-refractivity contribution in [3.05, 3.63) is 53.7 Å². The molecule has 1 N–H and O–H groups in total. The van der Waals surface area contributed by atoms with E-state index in [4.69, 9.17) is 0 Å². The summed E-state index contributed by atoms with van der Waals surface area (Å²) in [6.45, 7) is 1.91. The van der Waals surface area contributed by atoms with Crippen molar-refractivity contribution >= 4 is 27.7 Å². The van der Waals surface area contributed by atoms with Crippen LogP contribution in [0.3, 0.4) is 0 Å². The summed E-state index contributed by atoms with van der Waals surface area (Å²) >= 11 is 0. The first-order chi connectivity index (χ1) is 11.4. The van der Waals surface area contributed by atoms with E-state index >= 15 is 0 Å². The van der Waals surface area contributed by atoms with Crippen LogP contribution in [0.4, 0.5) is 5.82 Å². The number of hydrogen-bond acceptors (Lipinski definition) is 5. The molecule has 24 heavy (non-hydrogen) atoms. The van der Waals surface area contributed by atoms with Crippen LogP contribution in [-0.2, 0) is 10.0 Å². The van der Waals surface area contributed by atoms with E-state index in [9.17, 15) is 18.0 Å². The fourth-order valence-electron chi connectivity index (χ4n) is 2.47. The lowest BCUT2D eigenvalue weighted by molar-refractivity contribution is 0.0870. The molecule has 7 nitrogen and oxygen atoms in total. The van der Waals surface area contributed by atoms with Gasteiger partial charge in [-0.1, -0.05) is 13.0 Å². The number of aromatic nitrogens is 1. The van der Waals surface area contributed by atoms with Gasteiger partial charge in [-0.05, 0) is 36.8 Å². The molecular formula is C16H15N3O4S. The van der Waals surface area contributed by atoms with Crippen LogP contribution >= 0.6 is 0 Å². The smallest absolute Gasteiger partial charge is 0.269 e. The lowest BCUT2D eigenvalue weighted by Gasteiger charge is -2.13. The number of fused-ring (bicyclic) bond motifs is 1. The van der Waals surface area contributed by atoms with Crippen LogP contribution < -0.4 is 5.32 Å². The van der Waals surface area contributed by atoms with Gasteiger partial charge < -0.3 is 5.32 Å². The predicted octanol–water partition coefficient (Wildman–Crippen LogP) is 1.89. The first-order valence-corrected chi connectivity index (χ1v) is 8.82. The molecular weight excluding hydrogens is 330 g/mol. The Morgan fingerprint density at radius 1 is 1.25 bits per heavy atom. The van der Waals surface area contributed by atoms with Crippen molar-refractivity contribution in [1.82, 2.24) is 9.29 Å². The van der Waals surface area contributed by atoms with Gasteiger partial charge in [0.15, 0.2) is 0 Å². The van der Waals surface area contributed by atoms with Gasteiger partial charge in [-0.2, -0.15) is 0 Å². The number of sulfonamides is 1. The summed E-state index contributed by atoms with van der Waals surface area (Å²) in [5, 5.41) is 2.58. The third-order valence-corrected chi connectivity index (χ3v) is 5.42. The number of hydrogen-bond donors (Lipinski definition) is 1. The molecule has 0 aliphatic carbocycles. The van der Waals surface area contributed by atoms with Crippen LogP contribution in [0.2, 0.25) is 0 Å². The van der Waals surface area contributed by atoms with Crippen LogP contribution in [0.25, 0.3) is 0 Å². The highest BCUT2D eigenvalue weighted by Crippen LogP contribution is 2.31. The second-order valence-corrected chi connectivity index (χ2v) is 7.09. The van der Waals surface area contributed by atoms with Crippen molar-refractivity contribution in [2.24, 2.45) is 0 Å². The standard InChI is InChI=1S/C16H15N3O4S/c1-2-9-19-16(21)12-7-6-11(10-13(12)24(19,22)23)15(20)18-14-5-3-4-8-17-14/h3-8,10H,2,9H2,1H3,(H,17,18,20). The summed E-state index contributed by atoms with van der Waals surface area (Å²) in [5.41, 5.74) is 0.243. The van der Waals surface area contributed by atoms with Gasteiger partial charge in [-0.25, -0.2) is 17.7 Å². The number of nitrogens with one attached hydrogen (secondary N) is 1. The van der Waals surface area contributed by atoms with Gasteiger partial charge in [0.2, 0.25) is 0 Å². The molecule has 124 valence electrons. The zero-order valence-corrected chi connectivity index (χ0v) is 13.7. The van der Waals surface area contributed by atoms with E-state index in [2.05, 4.69) is 10.3 Å². The maximum absolute atomic E-state index is 12.5. The molecule has 2 amide bonds. The Balaban J connectivity index is 1.94. The summed E-state index contributed by atoms with van der Waals surface area (Å²) in [6, 6.07) is 9.09. The lowest BCUT2D eigenvalue weighted by atomic mass is 10.1. The number of benzene rings is 1. The predicted molar refractivity (Wildman–Crippen MR) is 87.1 cm³/mol. The third kappa shape index (κ3) is 2.65. The number of rotatable bonds is 4. The van der Waals surface area contributed by atoms with Gasteiger partial charge in [0.25, 0.3) is 21.8 Å². The molecule has 0 radical (unpaired) electrons. The highest BCUT2D eigenvalue weighted by Gasteiger charge is 2.40. The molecule has 0 spiro atoms.